The maximum absolute atomic E-state index is 6.55. The highest BCUT2D eigenvalue weighted by atomic mass is 79.9. The zero-order valence-electron chi connectivity index (χ0n) is 19.7. The molecule has 2 fully saturated rings. The maximum atomic E-state index is 6.55. The van der Waals surface area contributed by atoms with Gasteiger partial charge in [-0.2, -0.15) is 0 Å². The number of hydrogen-bond donors (Lipinski definition) is 2. The smallest absolute Gasteiger partial charge is 0.152 e. The first-order chi connectivity index (χ1) is 16.6. The molecule has 0 amide bonds. The number of aromatic nitrogens is 2. The SMILES string of the molecule is COCCNC1CCC(=Nc2cc(-c3nc(NCC4CCOCC4)ccc3Br)c(Cl)cn2)CC1. The number of halogens is 2. The minimum atomic E-state index is 0.527. The van der Waals surface area contributed by atoms with E-state index in [0.29, 0.717) is 22.8 Å². The first kappa shape index (κ1) is 25.5. The van der Waals surface area contributed by atoms with Crippen LogP contribution in [0.4, 0.5) is 11.6 Å². The zero-order valence-corrected chi connectivity index (χ0v) is 22.0. The number of nitrogens with one attached hydrogen (secondary N) is 2. The largest absolute Gasteiger partial charge is 0.383 e. The number of methoxy groups -OCH3 is 1. The molecule has 2 N–H and O–H groups in total. The van der Waals surface area contributed by atoms with Gasteiger partial charge in [0.05, 0.1) is 17.3 Å². The van der Waals surface area contributed by atoms with E-state index in [-0.39, 0.29) is 0 Å². The summed E-state index contributed by atoms with van der Waals surface area (Å²) in [5.41, 5.74) is 2.80. The third-order valence-corrected chi connectivity index (χ3v) is 7.37. The summed E-state index contributed by atoms with van der Waals surface area (Å²) in [6.45, 7) is 4.20. The lowest BCUT2D eigenvalue weighted by molar-refractivity contribution is 0.0699. The quantitative estimate of drug-likeness (QED) is 0.393. The fourth-order valence-corrected chi connectivity index (χ4v) is 5.02. The summed E-state index contributed by atoms with van der Waals surface area (Å²) in [6, 6.07) is 6.46. The van der Waals surface area contributed by atoms with Gasteiger partial charge >= 0.3 is 0 Å². The highest BCUT2D eigenvalue weighted by Gasteiger charge is 2.18. The third-order valence-electron chi connectivity index (χ3n) is 6.43. The normalized spacial score (nSPS) is 19.3. The number of anilines is 1. The molecule has 1 saturated carbocycles. The van der Waals surface area contributed by atoms with Crippen LogP contribution in [0.25, 0.3) is 11.3 Å². The summed E-state index contributed by atoms with van der Waals surface area (Å²) in [6.07, 6.45) is 7.94. The summed E-state index contributed by atoms with van der Waals surface area (Å²) in [7, 11) is 1.73. The van der Waals surface area contributed by atoms with Crippen LogP contribution in [0.2, 0.25) is 5.02 Å². The Morgan fingerprint density at radius 3 is 2.76 bits per heavy atom. The van der Waals surface area contributed by atoms with Gasteiger partial charge in [-0.25, -0.2) is 15.0 Å². The van der Waals surface area contributed by atoms with Crippen LogP contribution in [0, 0.1) is 5.92 Å². The lowest BCUT2D eigenvalue weighted by Crippen LogP contribution is -2.35. The number of aliphatic imine (C=N–C) groups is 1. The van der Waals surface area contributed by atoms with Crippen molar-refractivity contribution in [1.29, 1.82) is 0 Å². The van der Waals surface area contributed by atoms with Crippen LogP contribution in [0.15, 0.2) is 33.9 Å². The molecule has 1 aliphatic heterocycles. The predicted molar refractivity (Wildman–Crippen MR) is 141 cm³/mol. The van der Waals surface area contributed by atoms with Crippen LogP contribution in [0.1, 0.15) is 38.5 Å². The highest BCUT2D eigenvalue weighted by Crippen LogP contribution is 2.35. The average Bonchev–Trinajstić information content (AvgIpc) is 2.87. The van der Waals surface area contributed by atoms with Gasteiger partial charge < -0.3 is 20.1 Å². The molecule has 0 aromatic carbocycles. The van der Waals surface area contributed by atoms with Crippen molar-refractivity contribution < 1.29 is 9.47 Å². The average molecular weight is 551 g/mol. The van der Waals surface area contributed by atoms with Gasteiger partial charge in [-0.05, 0) is 78.6 Å². The van der Waals surface area contributed by atoms with E-state index in [2.05, 4.69) is 31.5 Å². The molecule has 0 unspecified atom stereocenters. The van der Waals surface area contributed by atoms with Crippen LogP contribution in [-0.2, 0) is 9.47 Å². The molecular weight excluding hydrogens is 518 g/mol. The fraction of sp³-hybridized carbons (Fsp3) is 0.560. The van der Waals surface area contributed by atoms with Crippen molar-refractivity contribution in [3.05, 3.63) is 33.9 Å². The van der Waals surface area contributed by atoms with Crippen molar-refractivity contribution in [1.82, 2.24) is 15.3 Å². The van der Waals surface area contributed by atoms with Crippen LogP contribution in [0.5, 0.6) is 0 Å². The molecule has 2 aromatic heterocycles. The molecule has 0 spiro atoms. The summed E-state index contributed by atoms with van der Waals surface area (Å²) >= 11 is 10.2. The van der Waals surface area contributed by atoms with Crippen molar-refractivity contribution in [2.24, 2.45) is 10.9 Å². The van der Waals surface area contributed by atoms with E-state index in [1.807, 2.05) is 18.2 Å². The van der Waals surface area contributed by atoms with Crippen molar-refractivity contribution >= 4 is 44.9 Å². The molecule has 34 heavy (non-hydrogen) atoms. The number of hydrogen-bond acceptors (Lipinski definition) is 7. The van der Waals surface area contributed by atoms with Gasteiger partial charge in [0.15, 0.2) is 5.82 Å². The van der Waals surface area contributed by atoms with Gasteiger partial charge in [-0.1, -0.05) is 11.6 Å². The molecular formula is C25H33BrClN5O2. The Labute approximate surface area is 215 Å². The van der Waals surface area contributed by atoms with E-state index in [9.17, 15) is 0 Å². The first-order valence-electron chi connectivity index (χ1n) is 12.0. The van der Waals surface area contributed by atoms with Crippen molar-refractivity contribution in [2.75, 3.05) is 45.3 Å². The lowest BCUT2D eigenvalue weighted by Gasteiger charge is -2.24. The van der Waals surface area contributed by atoms with Gasteiger partial charge in [0.1, 0.15) is 5.82 Å². The number of rotatable bonds is 9. The third kappa shape index (κ3) is 7.21. The number of nitrogens with zero attached hydrogens (tertiary/aromatic N) is 3. The Morgan fingerprint density at radius 2 is 2.00 bits per heavy atom. The first-order valence-corrected chi connectivity index (χ1v) is 13.2. The maximum Gasteiger partial charge on any atom is 0.152 e. The fourth-order valence-electron chi connectivity index (χ4n) is 4.39. The van der Waals surface area contributed by atoms with Gasteiger partial charge in [0.25, 0.3) is 0 Å². The van der Waals surface area contributed by atoms with Crippen LogP contribution in [-0.4, -0.2) is 61.7 Å². The summed E-state index contributed by atoms with van der Waals surface area (Å²) in [5, 5.41) is 7.60. The molecule has 1 saturated heterocycles. The minimum absolute atomic E-state index is 0.527. The highest BCUT2D eigenvalue weighted by molar-refractivity contribution is 9.10. The molecule has 0 radical (unpaired) electrons. The molecule has 7 nitrogen and oxygen atoms in total. The molecule has 0 bridgehead atoms. The molecule has 3 heterocycles. The van der Waals surface area contributed by atoms with Gasteiger partial charge in [-0.3, -0.25) is 0 Å². The van der Waals surface area contributed by atoms with Crippen LogP contribution >= 0.6 is 27.5 Å². The van der Waals surface area contributed by atoms with Crippen molar-refractivity contribution in [3.8, 4) is 11.3 Å². The Kier molecular flexibility index (Phi) is 9.70. The number of pyridine rings is 2. The van der Waals surface area contributed by atoms with Crippen LogP contribution < -0.4 is 10.6 Å². The Hall–Kier alpha value is -1.58. The van der Waals surface area contributed by atoms with Crippen LogP contribution in [0.3, 0.4) is 0 Å². The second kappa shape index (κ2) is 12.9. The zero-order chi connectivity index (χ0) is 23.8. The monoisotopic (exact) mass is 549 g/mol. The molecule has 4 rings (SSSR count). The summed E-state index contributed by atoms with van der Waals surface area (Å²) in [5.74, 6) is 2.12. The molecule has 2 aliphatic rings. The lowest BCUT2D eigenvalue weighted by atomic mass is 9.93. The molecule has 184 valence electrons. The Balaban J connectivity index is 1.44. The van der Waals surface area contributed by atoms with Crippen molar-refractivity contribution in [3.63, 3.8) is 0 Å². The summed E-state index contributed by atoms with van der Waals surface area (Å²) < 4.78 is 11.5. The van der Waals surface area contributed by atoms with E-state index in [0.717, 1.165) is 93.0 Å². The topological polar surface area (TPSA) is 80.7 Å². The van der Waals surface area contributed by atoms with E-state index in [1.54, 1.807) is 13.3 Å². The molecule has 1 aliphatic carbocycles. The van der Waals surface area contributed by atoms with E-state index in [1.165, 1.54) is 5.71 Å². The standard InChI is InChI=1S/C25H33BrClN5O2/c1-33-13-10-28-18-2-4-19(5-3-18)31-24-14-20(22(27)16-30-24)25-21(26)6-7-23(32-25)29-15-17-8-11-34-12-9-17/h6-7,14,16-18,28H,2-5,8-13,15H2,1H3,(H,29,32). The second-order valence-electron chi connectivity index (χ2n) is 8.89. The van der Waals surface area contributed by atoms with Crippen molar-refractivity contribution in [2.45, 2.75) is 44.6 Å². The van der Waals surface area contributed by atoms with E-state index >= 15 is 0 Å². The van der Waals surface area contributed by atoms with Gasteiger partial charge in [0, 0.05) is 61.4 Å². The second-order valence-corrected chi connectivity index (χ2v) is 10.1. The van der Waals surface area contributed by atoms with E-state index < -0.39 is 0 Å². The van der Waals surface area contributed by atoms with E-state index in [4.69, 9.17) is 31.1 Å². The number of ether oxygens (including phenoxy) is 2. The summed E-state index contributed by atoms with van der Waals surface area (Å²) in [4.78, 5) is 14.2. The van der Waals surface area contributed by atoms with Gasteiger partial charge in [-0.15, -0.1) is 0 Å². The molecule has 9 heteroatoms. The van der Waals surface area contributed by atoms with Gasteiger partial charge in [0.2, 0.25) is 0 Å². The molecule has 2 aromatic rings. The Bertz CT molecular complexity index is 974. The minimum Gasteiger partial charge on any atom is -0.383 e. The molecule has 0 atom stereocenters. The predicted octanol–water partition coefficient (Wildman–Crippen LogP) is 5.65. The Morgan fingerprint density at radius 1 is 1.21 bits per heavy atom.